The standard InChI is InChI=1S/C24H27N3O3/c1-15-4-9-20-22(12-15)30-21-13-18(29-3)7-8-19(21)23(25-20)26-10-11-27(16(2)14-26)24(28)17-5-6-17/h4,7-9,12-13,16-17H,5-6,10-11,14H2,1-3H3/t16-/m0/s1. The van der Waals surface area contributed by atoms with Crippen LogP contribution in [0.5, 0.6) is 17.2 Å². The maximum Gasteiger partial charge on any atom is 0.226 e. The van der Waals surface area contributed by atoms with Crippen LogP contribution in [0.4, 0.5) is 5.69 Å². The van der Waals surface area contributed by atoms with Crippen molar-refractivity contribution in [1.29, 1.82) is 0 Å². The van der Waals surface area contributed by atoms with Crippen LogP contribution in [0.2, 0.25) is 0 Å². The average molecular weight is 405 g/mol. The molecule has 5 rings (SSSR count). The van der Waals surface area contributed by atoms with Crippen molar-refractivity contribution in [3.05, 3.63) is 47.5 Å². The molecule has 1 saturated heterocycles. The van der Waals surface area contributed by atoms with Crippen molar-refractivity contribution in [2.24, 2.45) is 10.9 Å². The lowest BCUT2D eigenvalue weighted by atomic mass is 10.1. The second-order valence-electron chi connectivity index (χ2n) is 8.47. The quantitative estimate of drug-likeness (QED) is 0.754. The number of nitrogens with zero attached hydrogens (tertiary/aromatic N) is 3. The number of methoxy groups -OCH3 is 1. The third-order valence-electron chi connectivity index (χ3n) is 6.13. The van der Waals surface area contributed by atoms with Crippen LogP contribution in [0.3, 0.4) is 0 Å². The van der Waals surface area contributed by atoms with Gasteiger partial charge in [-0.1, -0.05) is 6.07 Å². The SMILES string of the molecule is COc1ccc2c(c1)Oc1cc(C)ccc1N=C2N1CCN(C(=O)C2CC2)[C@@H](C)C1. The third-order valence-corrected chi connectivity index (χ3v) is 6.13. The second kappa shape index (κ2) is 7.35. The number of amides is 1. The number of hydrogen-bond acceptors (Lipinski definition) is 5. The molecule has 0 unspecified atom stereocenters. The van der Waals surface area contributed by atoms with Crippen LogP contribution in [-0.4, -0.2) is 54.3 Å². The maximum absolute atomic E-state index is 12.6. The normalized spacial score (nSPS) is 20.5. The Morgan fingerprint density at radius 3 is 2.70 bits per heavy atom. The lowest BCUT2D eigenvalue weighted by Crippen LogP contribution is -2.56. The minimum absolute atomic E-state index is 0.151. The maximum atomic E-state index is 12.6. The molecule has 2 aromatic carbocycles. The highest BCUT2D eigenvalue weighted by Crippen LogP contribution is 2.40. The lowest BCUT2D eigenvalue weighted by Gasteiger charge is -2.41. The van der Waals surface area contributed by atoms with Gasteiger partial charge in [0.15, 0.2) is 5.75 Å². The minimum Gasteiger partial charge on any atom is -0.497 e. The number of hydrogen-bond donors (Lipinski definition) is 0. The van der Waals surface area contributed by atoms with Crippen LogP contribution < -0.4 is 9.47 Å². The van der Waals surface area contributed by atoms with Gasteiger partial charge in [-0.25, -0.2) is 4.99 Å². The van der Waals surface area contributed by atoms with E-state index < -0.39 is 0 Å². The van der Waals surface area contributed by atoms with E-state index in [2.05, 4.69) is 17.9 Å². The van der Waals surface area contributed by atoms with Gasteiger partial charge in [0.1, 0.15) is 23.0 Å². The Morgan fingerprint density at radius 1 is 1.13 bits per heavy atom. The summed E-state index contributed by atoms with van der Waals surface area (Å²) in [5.41, 5.74) is 2.88. The summed E-state index contributed by atoms with van der Waals surface area (Å²) < 4.78 is 11.7. The molecular formula is C24H27N3O3. The van der Waals surface area contributed by atoms with E-state index in [0.29, 0.717) is 5.91 Å². The van der Waals surface area contributed by atoms with Crippen molar-refractivity contribution in [2.75, 3.05) is 26.7 Å². The molecule has 1 aliphatic carbocycles. The zero-order valence-electron chi connectivity index (χ0n) is 17.7. The Morgan fingerprint density at radius 2 is 1.97 bits per heavy atom. The van der Waals surface area contributed by atoms with Crippen molar-refractivity contribution < 1.29 is 14.3 Å². The van der Waals surface area contributed by atoms with Crippen LogP contribution in [0, 0.1) is 12.8 Å². The van der Waals surface area contributed by atoms with E-state index in [9.17, 15) is 4.79 Å². The zero-order chi connectivity index (χ0) is 20.8. The molecule has 0 spiro atoms. The van der Waals surface area contributed by atoms with Crippen molar-refractivity contribution in [1.82, 2.24) is 9.80 Å². The molecule has 6 heteroatoms. The van der Waals surface area contributed by atoms with Gasteiger partial charge in [-0.3, -0.25) is 4.79 Å². The number of carbonyl (C=O) groups excluding carboxylic acids is 1. The first-order valence-electron chi connectivity index (χ1n) is 10.6. The summed E-state index contributed by atoms with van der Waals surface area (Å²) >= 11 is 0. The Labute approximate surface area is 177 Å². The van der Waals surface area contributed by atoms with Crippen LogP contribution in [0.15, 0.2) is 41.4 Å². The number of aryl methyl sites for hydroxylation is 1. The molecule has 1 atom stereocenters. The van der Waals surface area contributed by atoms with E-state index in [4.69, 9.17) is 14.5 Å². The summed E-state index contributed by atoms with van der Waals surface area (Å²) in [4.78, 5) is 22.0. The van der Waals surface area contributed by atoms with Gasteiger partial charge in [0.25, 0.3) is 0 Å². The van der Waals surface area contributed by atoms with Crippen LogP contribution in [0.25, 0.3) is 0 Å². The highest BCUT2D eigenvalue weighted by atomic mass is 16.5. The number of amidine groups is 1. The first-order valence-corrected chi connectivity index (χ1v) is 10.6. The highest BCUT2D eigenvalue weighted by molar-refractivity contribution is 6.04. The Balaban J connectivity index is 1.51. The van der Waals surface area contributed by atoms with Gasteiger partial charge in [0.05, 0.1) is 12.7 Å². The fourth-order valence-electron chi connectivity index (χ4n) is 4.27. The molecule has 30 heavy (non-hydrogen) atoms. The van der Waals surface area contributed by atoms with Crippen molar-refractivity contribution >= 4 is 17.4 Å². The predicted octanol–water partition coefficient (Wildman–Crippen LogP) is 4.13. The van der Waals surface area contributed by atoms with E-state index in [1.807, 2.05) is 42.2 Å². The first kappa shape index (κ1) is 19.0. The summed E-state index contributed by atoms with van der Waals surface area (Å²) in [6, 6.07) is 12.1. The van der Waals surface area contributed by atoms with E-state index in [1.165, 1.54) is 0 Å². The summed E-state index contributed by atoms with van der Waals surface area (Å²) in [5.74, 6) is 3.69. The number of piperazine rings is 1. The number of aliphatic imine (C=N–C) groups is 1. The Hall–Kier alpha value is -3.02. The van der Waals surface area contributed by atoms with E-state index in [1.54, 1.807) is 7.11 Å². The Bertz CT molecular complexity index is 1030. The monoisotopic (exact) mass is 405 g/mol. The number of fused-ring (bicyclic) bond motifs is 2. The Kier molecular flexibility index (Phi) is 4.65. The molecule has 2 aliphatic heterocycles. The molecule has 0 N–H and O–H groups in total. The van der Waals surface area contributed by atoms with Crippen LogP contribution >= 0.6 is 0 Å². The van der Waals surface area contributed by atoms with Crippen molar-refractivity contribution in [3.8, 4) is 17.2 Å². The van der Waals surface area contributed by atoms with Crippen molar-refractivity contribution in [2.45, 2.75) is 32.7 Å². The predicted molar refractivity (Wildman–Crippen MR) is 116 cm³/mol. The summed E-state index contributed by atoms with van der Waals surface area (Å²) in [5, 5.41) is 0. The van der Waals surface area contributed by atoms with E-state index >= 15 is 0 Å². The molecule has 3 aliphatic rings. The molecule has 156 valence electrons. The third kappa shape index (κ3) is 3.40. The molecule has 6 nitrogen and oxygen atoms in total. The minimum atomic E-state index is 0.151. The van der Waals surface area contributed by atoms with Gasteiger partial charge in [-0.15, -0.1) is 0 Å². The molecule has 2 aromatic rings. The molecule has 0 aromatic heterocycles. The molecule has 0 bridgehead atoms. The lowest BCUT2D eigenvalue weighted by molar-refractivity contribution is -0.136. The molecular weight excluding hydrogens is 378 g/mol. The van der Waals surface area contributed by atoms with Gasteiger partial charge >= 0.3 is 0 Å². The smallest absolute Gasteiger partial charge is 0.226 e. The summed E-state index contributed by atoms with van der Waals surface area (Å²) in [6.45, 7) is 6.41. The zero-order valence-corrected chi connectivity index (χ0v) is 17.7. The molecule has 1 amide bonds. The number of carbonyl (C=O) groups is 1. The first-order chi connectivity index (χ1) is 14.5. The molecule has 1 saturated carbocycles. The van der Waals surface area contributed by atoms with E-state index in [-0.39, 0.29) is 12.0 Å². The van der Waals surface area contributed by atoms with Crippen LogP contribution in [0.1, 0.15) is 30.9 Å². The van der Waals surface area contributed by atoms with Gasteiger partial charge in [0, 0.05) is 37.7 Å². The fourth-order valence-corrected chi connectivity index (χ4v) is 4.27. The topological polar surface area (TPSA) is 54.4 Å². The summed E-state index contributed by atoms with van der Waals surface area (Å²) in [7, 11) is 1.66. The number of benzene rings is 2. The fraction of sp³-hybridized carbons (Fsp3) is 0.417. The van der Waals surface area contributed by atoms with Crippen molar-refractivity contribution in [3.63, 3.8) is 0 Å². The highest BCUT2D eigenvalue weighted by Gasteiger charge is 2.38. The number of rotatable bonds is 2. The van der Waals surface area contributed by atoms with Gasteiger partial charge in [-0.05, 0) is 56.5 Å². The average Bonchev–Trinajstić information content (AvgIpc) is 3.59. The van der Waals surface area contributed by atoms with E-state index in [0.717, 1.165) is 72.4 Å². The number of ether oxygens (including phenoxy) is 2. The second-order valence-corrected chi connectivity index (χ2v) is 8.47. The molecule has 2 fully saturated rings. The summed E-state index contributed by atoms with van der Waals surface area (Å²) in [6.07, 6.45) is 2.09. The molecule has 0 radical (unpaired) electrons. The largest absolute Gasteiger partial charge is 0.497 e. The molecule has 2 heterocycles. The van der Waals surface area contributed by atoms with Gasteiger partial charge in [-0.2, -0.15) is 0 Å². The van der Waals surface area contributed by atoms with Gasteiger partial charge < -0.3 is 19.3 Å². The van der Waals surface area contributed by atoms with Crippen LogP contribution in [-0.2, 0) is 4.79 Å². The van der Waals surface area contributed by atoms with Gasteiger partial charge in [0.2, 0.25) is 5.91 Å².